The number of Topliss-reactive ketones (excluding diaryl/α,β-unsaturated/α-hetero) is 1. The third kappa shape index (κ3) is 4.35. The van der Waals surface area contributed by atoms with Gasteiger partial charge in [-0.1, -0.05) is 45.0 Å². The van der Waals surface area contributed by atoms with Gasteiger partial charge < -0.3 is 17.0 Å². The van der Waals surface area contributed by atoms with Crippen LogP contribution in [0.4, 0.5) is 4.39 Å². The fraction of sp³-hybridized carbons (Fsp3) is 0.333. The van der Waals surface area contributed by atoms with Gasteiger partial charge in [-0.2, -0.15) is 0 Å². The summed E-state index contributed by atoms with van der Waals surface area (Å²) in [4.78, 5) is 12.9. The highest BCUT2D eigenvalue weighted by Gasteiger charge is 2.29. The van der Waals surface area contributed by atoms with Crippen molar-refractivity contribution in [3.05, 3.63) is 77.5 Å². The first kappa shape index (κ1) is 21.4. The summed E-state index contributed by atoms with van der Waals surface area (Å²) in [6.45, 7) is 7.76. The van der Waals surface area contributed by atoms with Crippen LogP contribution in [0.2, 0.25) is 0 Å². The predicted molar refractivity (Wildman–Crippen MR) is 108 cm³/mol. The molecule has 0 spiro atoms. The number of hydrogen-bond acceptors (Lipinski definition) is 1. The lowest BCUT2D eigenvalue weighted by molar-refractivity contribution is -0.689. The number of halogens is 2. The number of carbonyl (C=O) groups is 1. The van der Waals surface area contributed by atoms with E-state index in [2.05, 4.69) is 29.9 Å². The summed E-state index contributed by atoms with van der Waals surface area (Å²) in [5.74, 6) is 1.04. The molecule has 5 heteroatoms. The molecule has 3 aromatic rings. The number of imidazole rings is 1. The molecule has 0 bridgehead atoms. The van der Waals surface area contributed by atoms with Crippen molar-refractivity contribution in [1.29, 1.82) is 0 Å². The molecule has 0 saturated heterocycles. The normalized spacial score (nSPS) is 13.1. The topological polar surface area (TPSA) is 25.9 Å². The van der Waals surface area contributed by atoms with Gasteiger partial charge >= 0.3 is 0 Å². The van der Waals surface area contributed by atoms with Crippen molar-refractivity contribution in [2.24, 2.45) is 0 Å². The molecule has 3 nitrogen and oxygen atoms in total. The van der Waals surface area contributed by atoms with Crippen LogP contribution in [-0.4, -0.2) is 10.4 Å². The van der Waals surface area contributed by atoms with Gasteiger partial charge in [-0.25, -0.2) is 13.5 Å². The number of nitrogens with zero attached hydrogens (tertiary/aromatic N) is 2. The summed E-state index contributed by atoms with van der Waals surface area (Å²) in [5, 5.41) is 0. The lowest BCUT2D eigenvalue weighted by Gasteiger charge is -2.18. The Labute approximate surface area is 182 Å². The first-order valence-electron chi connectivity index (χ1n) is 9.84. The van der Waals surface area contributed by atoms with Crippen LogP contribution in [-0.2, 0) is 24.9 Å². The zero-order chi connectivity index (χ0) is 19.9. The van der Waals surface area contributed by atoms with Crippen molar-refractivity contribution in [3.63, 3.8) is 0 Å². The molecule has 4 rings (SSSR count). The number of rotatable bonds is 4. The molecule has 0 N–H and O–H groups in total. The molecule has 0 unspecified atom stereocenters. The fourth-order valence-electron chi connectivity index (χ4n) is 3.90. The van der Waals surface area contributed by atoms with Crippen molar-refractivity contribution >= 4 is 5.78 Å². The second kappa shape index (κ2) is 8.23. The molecule has 0 saturated carbocycles. The standard InChI is InChI=1S/C24H26FN2O.BrH/c1-24(2,3)19-10-6-18(7-11-19)22(28)16-26-15-21(27-14-4-5-23(26)27)17-8-12-20(25)13-9-17;/h6-13,15H,4-5,14,16H2,1-3H3;1H/q+1;/p-1. The van der Waals surface area contributed by atoms with Crippen LogP contribution in [0.3, 0.4) is 0 Å². The Morgan fingerprint density at radius 1 is 1.07 bits per heavy atom. The third-order valence-corrected chi connectivity index (χ3v) is 5.52. The van der Waals surface area contributed by atoms with Crippen LogP contribution >= 0.6 is 0 Å². The second-order valence-electron chi connectivity index (χ2n) is 8.57. The van der Waals surface area contributed by atoms with Crippen molar-refractivity contribution < 1.29 is 30.7 Å². The van der Waals surface area contributed by atoms with Crippen molar-refractivity contribution in [3.8, 4) is 11.3 Å². The van der Waals surface area contributed by atoms with Crippen LogP contribution in [0.25, 0.3) is 11.3 Å². The maximum atomic E-state index is 13.3. The number of ketones is 1. The van der Waals surface area contributed by atoms with Gasteiger partial charge in [0.15, 0.2) is 12.2 Å². The Morgan fingerprint density at radius 2 is 1.72 bits per heavy atom. The van der Waals surface area contributed by atoms with E-state index in [9.17, 15) is 9.18 Å². The smallest absolute Gasteiger partial charge is 0.257 e. The zero-order valence-electron chi connectivity index (χ0n) is 17.1. The number of aromatic nitrogens is 2. The van der Waals surface area contributed by atoms with Crippen LogP contribution in [0.15, 0.2) is 54.7 Å². The number of benzene rings is 2. The van der Waals surface area contributed by atoms with Gasteiger partial charge in [0.05, 0.1) is 13.0 Å². The Kier molecular flexibility index (Phi) is 6.08. The van der Waals surface area contributed by atoms with Gasteiger partial charge in [0, 0.05) is 11.1 Å². The molecule has 0 radical (unpaired) electrons. The van der Waals surface area contributed by atoms with Crippen LogP contribution in [0.5, 0.6) is 0 Å². The molecule has 29 heavy (non-hydrogen) atoms. The molecule has 152 valence electrons. The van der Waals surface area contributed by atoms with Crippen molar-refractivity contribution in [1.82, 2.24) is 4.57 Å². The third-order valence-electron chi connectivity index (χ3n) is 5.52. The summed E-state index contributed by atoms with van der Waals surface area (Å²) >= 11 is 0. The minimum Gasteiger partial charge on any atom is -1.00 e. The van der Waals surface area contributed by atoms with E-state index in [-0.39, 0.29) is 34.0 Å². The maximum absolute atomic E-state index is 13.3. The number of hydrogen-bond donors (Lipinski definition) is 0. The SMILES string of the molecule is CC(C)(C)c1ccc(C(=O)C[n+]2cc(-c3ccc(F)cc3)n3c2CCC3)cc1.[Br-]. The maximum Gasteiger partial charge on any atom is 0.257 e. The van der Waals surface area contributed by atoms with Gasteiger partial charge in [0.2, 0.25) is 5.78 Å². The molecular formula is C24H26BrFN2O. The van der Waals surface area contributed by atoms with Crippen LogP contribution < -0.4 is 21.5 Å². The quantitative estimate of drug-likeness (QED) is 0.433. The van der Waals surface area contributed by atoms with E-state index in [1.165, 1.54) is 23.5 Å². The molecule has 0 amide bonds. The van der Waals surface area contributed by atoms with Crippen molar-refractivity contribution in [2.75, 3.05) is 0 Å². The Balaban J connectivity index is 0.00000240. The Bertz CT molecular complexity index is 1010. The van der Waals surface area contributed by atoms with Crippen LogP contribution in [0.1, 0.15) is 48.9 Å². The summed E-state index contributed by atoms with van der Waals surface area (Å²) in [5.41, 5.74) is 4.05. The molecule has 0 atom stereocenters. The average molecular weight is 457 g/mol. The van der Waals surface area contributed by atoms with Gasteiger partial charge in [-0.05, 0) is 41.7 Å². The predicted octanol–water partition coefficient (Wildman–Crippen LogP) is 1.71. The fourth-order valence-corrected chi connectivity index (χ4v) is 3.90. The van der Waals surface area contributed by atoms with Crippen molar-refractivity contribution in [2.45, 2.75) is 52.1 Å². The summed E-state index contributed by atoms with van der Waals surface area (Å²) in [6, 6.07) is 14.5. The number of carbonyl (C=O) groups excluding carboxylic acids is 1. The average Bonchev–Trinajstić information content (AvgIpc) is 3.26. The molecule has 2 aromatic carbocycles. The molecule has 0 aliphatic carbocycles. The lowest BCUT2D eigenvalue weighted by atomic mass is 9.86. The van der Waals surface area contributed by atoms with Gasteiger partial charge in [0.25, 0.3) is 5.82 Å². The number of fused-ring (bicyclic) bond motifs is 1. The van der Waals surface area contributed by atoms with E-state index in [4.69, 9.17) is 0 Å². The Hall–Kier alpha value is -2.27. The largest absolute Gasteiger partial charge is 1.00 e. The minimum atomic E-state index is -0.237. The monoisotopic (exact) mass is 456 g/mol. The highest BCUT2D eigenvalue weighted by atomic mass is 79.9. The van der Waals surface area contributed by atoms with Gasteiger partial charge in [-0.3, -0.25) is 4.79 Å². The van der Waals surface area contributed by atoms with E-state index >= 15 is 0 Å². The Morgan fingerprint density at radius 3 is 2.34 bits per heavy atom. The first-order chi connectivity index (χ1) is 13.3. The van der Waals surface area contributed by atoms with Gasteiger partial charge in [-0.15, -0.1) is 0 Å². The molecule has 1 aromatic heterocycles. The zero-order valence-corrected chi connectivity index (χ0v) is 18.7. The summed E-state index contributed by atoms with van der Waals surface area (Å²) in [7, 11) is 0. The molecule has 0 fully saturated rings. The van der Waals surface area contributed by atoms with E-state index in [1.807, 2.05) is 30.5 Å². The van der Waals surface area contributed by atoms with E-state index in [0.29, 0.717) is 6.54 Å². The summed E-state index contributed by atoms with van der Waals surface area (Å²) in [6.07, 6.45) is 4.05. The van der Waals surface area contributed by atoms with E-state index in [1.54, 1.807) is 12.1 Å². The van der Waals surface area contributed by atoms with Gasteiger partial charge in [0.1, 0.15) is 12.0 Å². The van der Waals surface area contributed by atoms with E-state index < -0.39 is 0 Å². The highest BCUT2D eigenvalue weighted by Crippen LogP contribution is 2.25. The molecule has 2 heterocycles. The second-order valence-corrected chi connectivity index (χ2v) is 8.57. The minimum absolute atomic E-state index is 0. The molecular weight excluding hydrogens is 431 g/mol. The van der Waals surface area contributed by atoms with E-state index in [0.717, 1.165) is 36.2 Å². The highest BCUT2D eigenvalue weighted by molar-refractivity contribution is 5.95. The molecule has 1 aliphatic heterocycles. The van der Waals surface area contributed by atoms with Crippen LogP contribution in [0, 0.1) is 5.82 Å². The molecule has 1 aliphatic rings. The first-order valence-corrected chi connectivity index (χ1v) is 9.84. The lowest BCUT2D eigenvalue weighted by Crippen LogP contribution is -3.00. The summed E-state index contributed by atoms with van der Waals surface area (Å²) < 4.78 is 17.6.